The fourth-order valence-corrected chi connectivity index (χ4v) is 11.5. The Kier molecular flexibility index (Phi) is 12.8. The average molecular weight is 914 g/mol. The van der Waals surface area contributed by atoms with Gasteiger partial charge in [-0.2, -0.15) is 0 Å². The number of aryl methyl sites for hydroxylation is 1. The van der Waals surface area contributed by atoms with Gasteiger partial charge in [0.25, 0.3) is 0 Å². The zero-order chi connectivity index (χ0) is 46.6. The molecule has 0 radical (unpaired) electrons. The number of nitrogens with zero attached hydrogens (tertiary/aromatic N) is 2. The molecular weight excluding hydrogens is 859 g/mol. The highest BCUT2D eigenvalue weighted by atomic mass is 32.2. The number of ether oxygens (including phenoxy) is 5. The molecule has 9 rings (SSSR count). The van der Waals surface area contributed by atoms with Gasteiger partial charge in [0, 0.05) is 47.0 Å². The van der Waals surface area contributed by atoms with E-state index in [0.29, 0.717) is 45.9 Å². The average Bonchev–Trinajstić information content (AvgIpc) is 3.76. The van der Waals surface area contributed by atoms with E-state index in [2.05, 4.69) is 20.9 Å². The molecule has 3 aromatic rings. The molecular formula is C47H55N5O12S. The number of likely N-dealkylation sites (N-methyl/N-ethyl adjacent to an activating group) is 1. The Morgan fingerprint density at radius 1 is 0.969 bits per heavy atom. The minimum absolute atomic E-state index is 0.0229. The van der Waals surface area contributed by atoms with E-state index in [0.717, 1.165) is 16.7 Å². The van der Waals surface area contributed by atoms with Crippen LogP contribution in [0.3, 0.4) is 0 Å². The number of hydrogen-bond donors (Lipinski definition) is 5. The first-order chi connectivity index (χ1) is 31.0. The van der Waals surface area contributed by atoms with Crippen LogP contribution in [0.4, 0.5) is 0 Å². The summed E-state index contributed by atoms with van der Waals surface area (Å²) in [7, 11) is 3.40. The maximum Gasteiger partial charge on any atom is 0.329 e. The van der Waals surface area contributed by atoms with E-state index in [1.807, 2.05) is 55.3 Å². The van der Waals surface area contributed by atoms with Crippen LogP contribution in [-0.2, 0) is 35.1 Å². The van der Waals surface area contributed by atoms with Gasteiger partial charge >= 0.3 is 11.9 Å². The third-order valence-electron chi connectivity index (χ3n) is 13.0. The number of aromatic hydroxyl groups is 1. The lowest BCUT2D eigenvalue weighted by atomic mass is 9.73. The van der Waals surface area contributed by atoms with E-state index in [-0.39, 0.29) is 30.7 Å². The van der Waals surface area contributed by atoms with Gasteiger partial charge in [-0.3, -0.25) is 29.0 Å². The van der Waals surface area contributed by atoms with Crippen LogP contribution in [0.15, 0.2) is 42.5 Å². The second-order valence-corrected chi connectivity index (χ2v) is 18.7. The molecule has 18 heteroatoms. The van der Waals surface area contributed by atoms with E-state index >= 15 is 0 Å². The number of nitrogens with one attached hydrogen (secondary N) is 3. The molecule has 2 saturated heterocycles. The third-order valence-corrected chi connectivity index (χ3v) is 14.4. The number of phenolic OH excluding ortho intramolecular Hbond substituents is 1. The van der Waals surface area contributed by atoms with Crippen molar-refractivity contribution < 1.29 is 57.9 Å². The minimum Gasteiger partial charge on any atom is -0.504 e. The molecule has 6 aliphatic heterocycles. The normalized spacial score (nSPS) is 25.4. The van der Waals surface area contributed by atoms with Gasteiger partial charge in [0.05, 0.1) is 30.5 Å². The molecule has 3 unspecified atom stereocenters. The third kappa shape index (κ3) is 8.25. The van der Waals surface area contributed by atoms with Gasteiger partial charge in [-0.05, 0) is 62.9 Å². The maximum atomic E-state index is 14.2. The van der Waals surface area contributed by atoms with Crippen LogP contribution in [0.25, 0.3) is 6.08 Å². The highest BCUT2D eigenvalue weighted by molar-refractivity contribution is 7.99. The summed E-state index contributed by atoms with van der Waals surface area (Å²) in [6.07, 6.45) is 2.22. The van der Waals surface area contributed by atoms with E-state index in [1.54, 1.807) is 26.8 Å². The molecule has 0 spiro atoms. The highest BCUT2D eigenvalue weighted by Crippen LogP contribution is 2.64. The summed E-state index contributed by atoms with van der Waals surface area (Å²) >= 11 is 1.29. The van der Waals surface area contributed by atoms with Gasteiger partial charge in [-0.1, -0.05) is 50.2 Å². The van der Waals surface area contributed by atoms with Crippen molar-refractivity contribution in [1.82, 2.24) is 25.8 Å². The fourth-order valence-electron chi connectivity index (χ4n) is 10.0. The molecule has 0 saturated carbocycles. The predicted molar refractivity (Wildman–Crippen MR) is 238 cm³/mol. The molecule has 6 heterocycles. The Balaban J connectivity index is 1.14. The maximum absolute atomic E-state index is 14.2. The Labute approximate surface area is 381 Å². The van der Waals surface area contributed by atoms with Crippen LogP contribution in [0.1, 0.15) is 84.0 Å². The number of hydrogen-bond acceptors (Lipinski definition) is 15. The molecule has 65 heavy (non-hydrogen) atoms. The minimum atomic E-state index is -1.23. The lowest BCUT2D eigenvalue weighted by molar-refractivity contribution is -0.184. The number of amides is 3. The Morgan fingerprint density at radius 3 is 2.38 bits per heavy atom. The van der Waals surface area contributed by atoms with Crippen molar-refractivity contribution in [2.75, 3.05) is 33.3 Å². The number of rotatable bonds is 10. The zero-order valence-corrected chi connectivity index (χ0v) is 38.3. The number of aliphatic hydroxyl groups is 1. The van der Waals surface area contributed by atoms with E-state index in [4.69, 9.17) is 23.7 Å². The lowest BCUT2D eigenvalue weighted by Gasteiger charge is -2.62. The van der Waals surface area contributed by atoms with E-state index in [9.17, 15) is 34.2 Å². The quantitative estimate of drug-likeness (QED) is 0.112. The molecule has 3 aromatic carbocycles. The zero-order valence-electron chi connectivity index (χ0n) is 37.5. The van der Waals surface area contributed by atoms with Crippen molar-refractivity contribution in [2.24, 2.45) is 5.92 Å². The number of thioether (sulfide) groups is 1. The molecule has 0 aromatic heterocycles. The van der Waals surface area contributed by atoms with Crippen LogP contribution in [0.2, 0.25) is 0 Å². The van der Waals surface area contributed by atoms with Crippen LogP contribution >= 0.6 is 11.8 Å². The van der Waals surface area contributed by atoms with Crippen LogP contribution < -0.4 is 34.9 Å². The summed E-state index contributed by atoms with van der Waals surface area (Å²) < 4.78 is 30.0. The smallest absolute Gasteiger partial charge is 0.329 e. The molecule has 9 atom stereocenters. The van der Waals surface area contributed by atoms with Crippen LogP contribution in [0.5, 0.6) is 28.7 Å². The number of benzene rings is 3. The molecule has 4 bridgehead atoms. The van der Waals surface area contributed by atoms with E-state index < -0.39 is 89.3 Å². The molecule has 17 nitrogen and oxygen atoms in total. The molecule has 346 valence electrons. The Hall–Kier alpha value is -5.82. The predicted octanol–water partition coefficient (Wildman–Crippen LogP) is 3.50. The van der Waals surface area contributed by atoms with Crippen molar-refractivity contribution in [3.8, 4) is 28.7 Å². The van der Waals surface area contributed by atoms with Gasteiger partial charge in [-0.15, -0.1) is 11.8 Å². The fraction of sp³-hybridized carbons (Fsp3) is 0.468. The number of piperazine rings is 1. The van der Waals surface area contributed by atoms with Crippen LogP contribution in [0, 0.1) is 19.8 Å². The Morgan fingerprint density at radius 2 is 1.69 bits per heavy atom. The summed E-state index contributed by atoms with van der Waals surface area (Å²) in [4.78, 5) is 71.4. The largest absolute Gasteiger partial charge is 0.504 e. The van der Waals surface area contributed by atoms with Gasteiger partial charge in [0.15, 0.2) is 23.0 Å². The Bertz CT molecular complexity index is 2450. The first kappa shape index (κ1) is 45.7. The van der Waals surface area contributed by atoms with Crippen molar-refractivity contribution in [3.63, 3.8) is 0 Å². The number of carbonyl (C=O) groups excluding carboxylic acids is 5. The molecule has 5 N–H and O–H groups in total. The standard InChI is InChI=1S/C47H55N5O12S/c1-21(2)35(50-44(56)24(5)48-31(54)15-14-26-12-10-9-11-13-26)45(57)49-28-19-65-43-34-33(42-41(62-20-63-42)23(4)40(34)64-25(6)53)30(18-61-47(28)59)52-37(43)36-32-27(17-29(46(52)58)51(36)7)16-22(3)39(60-8)38(32)55/h9-16,21,24,28-30,35-37,43,46,55,58H,17-20H2,1-8H3,(H,48,54)(H,49,57)(H,50,56)/t24?,28-,29-,30-,35?,36+,37?,43+,46-/m0/s1. The second kappa shape index (κ2) is 18.2. The molecule has 2 fully saturated rings. The SMILES string of the molecule is COc1c(C)cc2c(c1O)[C@@H]1C3[C@@H]4SC[C@H](NC(=O)C(NC(=O)C(C)NC(=O)C=Cc5ccccc5)C(C)C)C(=O)OC[C@@H](c5c6c(c(C)c(OC(C)=O)c54)OCO6)N3[C@@H](O)[C@H](C2)N1C. The van der Waals surface area contributed by atoms with Crippen LogP contribution in [-0.4, -0.2) is 119 Å². The summed E-state index contributed by atoms with van der Waals surface area (Å²) in [6.45, 7) is 9.49. The number of fused-ring (bicyclic) bond motifs is 10. The summed E-state index contributed by atoms with van der Waals surface area (Å²) in [5.74, 6) is -2.29. The van der Waals surface area contributed by atoms with Crippen molar-refractivity contribution >= 4 is 47.5 Å². The highest BCUT2D eigenvalue weighted by Gasteiger charge is 2.60. The van der Waals surface area contributed by atoms with Gasteiger partial charge < -0.3 is 49.8 Å². The molecule has 6 aliphatic rings. The number of esters is 2. The first-order valence-electron chi connectivity index (χ1n) is 21.7. The van der Waals surface area contributed by atoms with Crippen molar-refractivity contribution in [3.05, 3.63) is 81.4 Å². The molecule has 3 amide bonds. The number of methoxy groups -OCH3 is 1. The van der Waals surface area contributed by atoms with Crippen molar-refractivity contribution in [2.45, 2.75) is 102 Å². The van der Waals surface area contributed by atoms with Gasteiger partial charge in [0.1, 0.15) is 36.7 Å². The molecule has 0 aliphatic carbocycles. The number of aliphatic hydroxyl groups excluding tert-OH is 1. The lowest BCUT2D eigenvalue weighted by Crippen LogP contribution is -2.69. The van der Waals surface area contributed by atoms with Crippen molar-refractivity contribution in [1.29, 1.82) is 0 Å². The number of phenols is 1. The second-order valence-electron chi connectivity index (χ2n) is 17.5. The van der Waals surface area contributed by atoms with E-state index in [1.165, 1.54) is 38.8 Å². The monoisotopic (exact) mass is 913 g/mol. The summed E-state index contributed by atoms with van der Waals surface area (Å²) in [5.41, 5.74) is 4.65. The van der Waals surface area contributed by atoms with Gasteiger partial charge in [-0.25, -0.2) is 4.79 Å². The summed E-state index contributed by atoms with van der Waals surface area (Å²) in [5, 5.41) is 32.1. The summed E-state index contributed by atoms with van der Waals surface area (Å²) in [6, 6.07) is 5.24. The van der Waals surface area contributed by atoms with Gasteiger partial charge in [0.2, 0.25) is 24.5 Å². The number of carbonyl (C=O) groups is 5. The first-order valence-corrected chi connectivity index (χ1v) is 22.7. The topological polar surface area (TPSA) is 215 Å².